The first kappa shape index (κ1) is 19.2. The van der Waals surface area contributed by atoms with Gasteiger partial charge in [-0.3, -0.25) is 0 Å². The van der Waals surface area contributed by atoms with Crippen molar-refractivity contribution in [3.05, 3.63) is 47.1 Å². The van der Waals surface area contributed by atoms with Crippen molar-refractivity contribution in [3.63, 3.8) is 0 Å². The van der Waals surface area contributed by atoms with E-state index in [0.717, 1.165) is 11.1 Å². The third kappa shape index (κ3) is 4.28. The molecule has 1 N–H and O–H groups in total. The molecule has 0 amide bonds. The van der Waals surface area contributed by atoms with Crippen molar-refractivity contribution in [2.75, 3.05) is 0 Å². The van der Waals surface area contributed by atoms with Crippen LogP contribution in [-0.2, 0) is 19.1 Å². The minimum absolute atomic E-state index is 0.282. The zero-order valence-corrected chi connectivity index (χ0v) is 15.2. The molecule has 1 saturated heterocycles. The molecule has 5 nitrogen and oxygen atoms in total. The van der Waals surface area contributed by atoms with Crippen molar-refractivity contribution in [2.45, 2.75) is 58.8 Å². The van der Waals surface area contributed by atoms with E-state index in [1.165, 1.54) is 0 Å². The summed E-state index contributed by atoms with van der Waals surface area (Å²) in [6, 6.07) is 0. The van der Waals surface area contributed by atoms with Crippen LogP contribution in [0, 0.1) is 5.92 Å². The van der Waals surface area contributed by atoms with Crippen LogP contribution in [0.3, 0.4) is 0 Å². The molecule has 1 fully saturated rings. The van der Waals surface area contributed by atoms with Crippen molar-refractivity contribution in [1.29, 1.82) is 0 Å². The lowest BCUT2D eigenvalue weighted by Crippen LogP contribution is -2.32. The Morgan fingerprint density at radius 2 is 2.08 bits per heavy atom. The van der Waals surface area contributed by atoms with E-state index in [1.54, 1.807) is 26.0 Å². The number of carbonyl (C=O) groups excluding carboxylic acids is 2. The van der Waals surface area contributed by atoms with Crippen molar-refractivity contribution in [1.82, 2.24) is 0 Å². The monoisotopic (exact) mass is 346 g/mol. The maximum Gasteiger partial charge on any atom is 0.334 e. The lowest BCUT2D eigenvalue weighted by Gasteiger charge is -2.26. The summed E-state index contributed by atoms with van der Waals surface area (Å²) >= 11 is 0. The molecule has 1 aliphatic carbocycles. The van der Waals surface area contributed by atoms with E-state index in [2.05, 4.69) is 6.58 Å². The molecule has 0 aromatic heterocycles. The second-order valence-corrected chi connectivity index (χ2v) is 6.74. The fourth-order valence-electron chi connectivity index (χ4n) is 3.00. The first-order chi connectivity index (χ1) is 11.7. The van der Waals surface area contributed by atoms with Crippen LogP contribution >= 0.6 is 0 Å². The molecule has 4 atom stereocenters. The first-order valence-corrected chi connectivity index (χ1v) is 8.52. The summed E-state index contributed by atoms with van der Waals surface area (Å²) in [6.07, 6.45) is 4.64. The number of hydrogen-bond acceptors (Lipinski definition) is 5. The summed E-state index contributed by atoms with van der Waals surface area (Å²) in [5.74, 6) is -1.43. The van der Waals surface area contributed by atoms with Gasteiger partial charge in [-0.15, -0.1) is 0 Å². The van der Waals surface area contributed by atoms with E-state index >= 15 is 0 Å². The Hall–Kier alpha value is -2.14. The van der Waals surface area contributed by atoms with Crippen LogP contribution in [0.5, 0.6) is 0 Å². The quantitative estimate of drug-likeness (QED) is 0.473. The largest absolute Gasteiger partial charge is 0.454 e. The number of allylic oxidation sites excluding steroid dienone is 2. The zero-order chi connectivity index (χ0) is 18.7. The predicted molar refractivity (Wildman–Crippen MR) is 94.6 cm³/mol. The second kappa shape index (κ2) is 7.83. The van der Waals surface area contributed by atoms with Gasteiger partial charge in [0.2, 0.25) is 0 Å². The maximum absolute atomic E-state index is 12.3. The van der Waals surface area contributed by atoms with Crippen LogP contribution in [-0.4, -0.2) is 35.4 Å². The van der Waals surface area contributed by atoms with E-state index in [0.29, 0.717) is 18.4 Å². The highest BCUT2D eigenvalue weighted by molar-refractivity contribution is 5.92. The van der Waals surface area contributed by atoms with Gasteiger partial charge in [0.25, 0.3) is 0 Å². The highest BCUT2D eigenvalue weighted by Crippen LogP contribution is 2.35. The van der Waals surface area contributed by atoms with Gasteiger partial charge in [-0.25, -0.2) is 9.59 Å². The number of aliphatic hydroxyl groups excluding tert-OH is 1. The van der Waals surface area contributed by atoms with Crippen LogP contribution in [0.25, 0.3) is 0 Å². The molecule has 1 heterocycles. The zero-order valence-electron chi connectivity index (χ0n) is 15.2. The molecule has 0 spiro atoms. The van der Waals surface area contributed by atoms with Crippen LogP contribution < -0.4 is 0 Å². The normalized spacial score (nSPS) is 30.8. The van der Waals surface area contributed by atoms with Crippen LogP contribution in [0.4, 0.5) is 0 Å². The van der Waals surface area contributed by atoms with Crippen molar-refractivity contribution in [2.24, 2.45) is 5.92 Å². The van der Waals surface area contributed by atoms with E-state index in [9.17, 15) is 14.7 Å². The number of aliphatic hydroxyl groups is 1. The SMILES string of the molecule is C=C1C(=O)O[C@H]2C=C(C)[C@H](O)CCC(C)=C[C@@H](OC(=O)C(C)=CC)[C@H]12. The molecule has 0 saturated carbocycles. The van der Waals surface area contributed by atoms with Gasteiger partial charge in [0.05, 0.1) is 12.0 Å². The molecule has 0 radical (unpaired) electrons. The van der Waals surface area contributed by atoms with E-state index in [4.69, 9.17) is 9.47 Å². The minimum Gasteiger partial charge on any atom is -0.454 e. The van der Waals surface area contributed by atoms with Gasteiger partial charge in [0.1, 0.15) is 12.2 Å². The second-order valence-electron chi connectivity index (χ2n) is 6.74. The molecule has 136 valence electrons. The van der Waals surface area contributed by atoms with Crippen molar-refractivity contribution < 1.29 is 24.2 Å². The van der Waals surface area contributed by atoms with Crippen LogP contribution in [0.1, 0.15) is 40.5 Å². The van der Waals surface area contributed by atoms with Crippen molar-refractivity contribution >= 4 is 11.9 Å². The van der Waals surface area contributed by atoms with E-state index < -0.39 is 36.2 Å². The summed E-state index contributed by atoms with van der Waals surface area (Å²) in [5.41, 5.74) is 2.50. The van der Waals surface area contributed by atoms with Gasteiger partial charge in [0, 0.05) is 11.1 Å². The number of carbonyl (C=O) groups is 2. The van der Waals surface area contributed by atoms with E-state index in [-0.39, 0.29) is 5.57 Å². The first-order valence-electron chi connectivity index (χ1n) is 8.52. The Kier molecular flexibility index (Phi) is 6.01. The van der Waals surface area contributed by atoms with Crippen molar-refractivity contribution in [3.8, 4) is 0 Å². The lowest BCUT2D eigenvalue weighted by molar-refractivity contribution is -0.144. The number of esters is 2. The molecule has 2 rings (SSSR count). The Morgan fingerprint density at radius 3 is 2.72 bits per heavy atom. The van der Waals surface area contributed by atoms with Gasteiger partial charge >= 0.3 is 11.9 Å². The molecule has 25 heavy (non-hydrogen) atoms. The lowest BCUT2D eigenvalue weighted by atomic mass is 9.86. The number of hydrogen-bond donors (Lipinski definition) is 1. The fraction of sp³-hybridized carbons (Fsp3) is 0.500. The summed E-state index contributed by atoms with van der Waals surface area (Å²) in [4.78, 5) is 24.3. The highest BCUT2D eigenvalue weighted by Gasteiger charge is 2.44. The van der Waals surface area contributed by atoms with Gasteiger partial charge in [-0.1, -0.05) is 18.2 Å². The molecule has 0 bridgehead atoms. The summed E-state index contributed by atoms with van der Waals surface area (Å²) in [5, 5.41) is 10.2. The third-order valence-electron chi connectivity index (χ3n) is 4.83. The van der Waals surface area contributed by atoms with Gasteiger partial charge in [-0.2, -0.15) is 0 Å². The minimum atomic E-state index is -0.648. The predicted octanol–water partition coefficient (Wildman–Crippen LogP) is 3.01. The number of rotatable bonds is 2. The molecule has 0 aromatic rings. The number of ether oxygens (including phenoxy) is 2. The Bertz CT molecular complexity index is 668. The van der Waals surface area contributed by atoms with Gasteiger partial charge < -0.3 is 14.6 Å². The molecular weight excluding hydrogens is 320 g/mol. The molecule has 5 heteroatoms. The van der Waals surface area contributed by atoms with Crippen LogP contribution in [0.2, 0.25) is 0 Å². The summed E-state index contributed by atoms with van der Waals surface area (Å²) < 4.78 is 11.1. The van der Waals surface area contributed by atoms with E-state index in [1.807, 2.05) is 19.9 Å². The van der Waals surface area contributed by atoms with Crippen LogP contribution in [0.15, 0.2) is 47.1 Å². The highest BCUT2D eigenvalue weighted by atomic mass is 16.6. The standard InChI is InChI=1S/C20H26O5/c1-6-12(3)19(22)24-16-9-11(2)7-8-15(21)13(4)10-17-18(16)14(5)20(23)25-17/h6,9-10,15-18,21H,5,7-8H2,1-4H3/t15-,16-,17+,18+/m1/s1. The molecule has 0 aromatic carbocycles. The fourth-order valence-corrected chi connectivity index (χ4v) is 3.00. The number of fused-ring (bicyclic) bond motifs is 1. The maximum atomic E-state index is 12.3. The average molecular weight is 346 g/mol. The molecule has 2 aliphatic rings. The summed E-state index contributed by atoms with van der Waals surface area (Å²) in [7, 11) is 0. The molecule has 1 aliphatic heterocycles. The Morgan fingerprint density at radius 1 is 1.40 bits per heavy atom. The summed E-state index contributed by atoms with van der Waals surface area (Å²) in [6.45, 7) is 11.0. The smallest absolute Gasteiger partial charge is 0.334 e. The Labute approximate surface area is 148 Å². The average Bonchev–Trinajstić information content (AvgIpc) is 2.84. The van der Waals surface area contributed by atoms with Gasteiger partial charge in [-0.05, 0) is 58.3 Å². The Balaban J connectivity index is 2.44. The molecule has 0 unspecified atom stereocenters. The third-order valence-corrected chi connectivity index (χ3v) is 4.83. The molecular formula is C20H26O5. The van der Waals surface area contributed by atoms with Gasteiger partial charge in [0.15, 0.2) is 0 Å². The topological polar surface area (TPSA) is 72.8 Å².